The van der Waals surface area contributed by atoms with Crippen molar-refractivity contribution in [2.45, 2.75) is 50.4 Å². The molecule has 5 N–H and O–H groups in total. The van der Waals surface area contributed by atoms with Gasteiger partial charge in [-0.3, -0.25) is 9.59 Å². The van der Waals surface area contributed by atoms with Gasteiger partial charge in [0.05, 0.1) is 40.1 Å². The first-order valence-corrected chi connectivity index (χ1v) is 12.1. The van der Waals surface area contributed by atoms with Gasteiger partial charge in [-0.1, -0.05) is 30.3 Å². The number of hydrogen-bond acceptors (Lipinski definition) is 6. The Morgan fingerprint density at radius 3 is 2.21 bits per heavy atom. The molecule has 0 spiro atoms. The molecule has 0 saturated heterocycles. The fraction of sp³-hybridized carbons (Fsp3) is 0.520. The van der Waals surface area contributed by atoms with Crippen LogP contribution >= 0.6 is 0 Å². The summed E-state index contributed by atoms with van der Waals surface area (Å²) in [5.41, 5.74) is 7.81. The second-order valence-corrected chi connectivity index (χ2v) is 9.79. The average Bonchev–Trinajstić information content (AvgIpc) is 3.33. The van der Waals surface area contributed by atoms with Gasteiger partial charge in [-0.15, -0.1) is 0 Å². The standard InChI is InChI=1S/C23H36N6O2.C2HF3O2/c1-29(2,3)13-9-5-8-12-26-23(31)21(14-18-10-6-4-7-11-18)28-22(30)20(24)15-19-16-25-17-27-19;3-2(4,5)1(6)7/h4,6-7,10-11,16-17,20-21H,5,8-9,12-15,24H2,1-3H3,(H2-,25,26,27,28,30,31);(H,6,7)/t20-,21-;/m0./s1. The summed E-state index contributed by atoms with van der Waals surface area (Å²) in [5.74, 6) is -3.54. The lowest BCUT2D eigenvalue weighted by Crippen LogP contribution is -2.53. The molecule has 0 aliphatic rings. The number of hydrogen-bond donors (Lipinski definition) is 4. The lowest BCUT2D eigenvalue weighted by molar-refractivity contribution is -0.870. The Morgan fingerprint density at radius 2 is 1.68 bits per heavy atom. The molecule has 212 valence electrons. The van der Waals surface area contributed by atoms with Crippen molar-refractivity contribution in [3.63, 3.8) is 0 Å². The first-order chi connectivity index (χ1) is 17.7. The van der Waals surface area contributed by atoms with E-state index in [1.54, 1.807) is 12.5 Å². The van der Waals surface area contributed by atoms with E-state index in [0.717, 1.165) is 41.5 Å². The SMILES string of the molecule is C[N+](C)(C)CCCCCNC(=O)[C@H](Cc1ccccc1)NC(=O)[C@@H](N)Cc1cnc[nH]1.O=C([O-])C(F)(F)F. The number of quaternary nitrogens is 1. The summed E-state index contributed by atoms with van der Waals surface area (Å²) in [6.45, 7) is 1.70. The molecule has 10 nitrogen and oxygen atoms in total. The van der Waals surface area contributed by atoms with E-state index in [4.69, 9.17) is 15.6 Å². The van der Waals surface area contributed by atoms with Gasteiger partial charge in [0.25, 0.3) is 0 Å². The van der Waals surface area contributed by atoms with E-state index in [2.05, 4.69) is 41.7 Å². The molecule has 0 fully saturated rings. The maximum Gasteiger partial charge on any atom is 0.430 e. The lowest BCUT2D eigenvalue weighted by Gasteiger charge is -2.23. The second-order valence-electron chi connectivity index (χ2n) is 9.79. The van der Waals surface area contributed by atoms with Gasteiger partial charge in [-0.05, 0) is 24.8 Å². The number of alkyl halides is 3. The fourth-order valence-corrected chi connectivity index (χ4v) is 3.29. The number of carbonyl (C=O) groups is 3. The molecule has 0 saturated carbocycles. The molecular weight excluding hydrogens is 505 g/mol. The van der Waals surface area contributed by atoms with Crippen LogP contribution in [0.1, 0.15) is 30.5 Å². The number of nitrogens with one attached hydrogen (secondary N) is 3. The van der Waals surface area contributed by atoms with Gasteiger partial charge in [-0.25, -0.2) is 4.98 Å². The molecule has 0 unspecified atom stereocenters. The van der Waals surface area contributed by atoms with Crippen molar-refractivity contribution in [1.82, 2.24) is 20.6 Å². The van der Waals surface area contributed by atoms with Gasteiger partial charge in [0.1, 0.15) is 12.0 Å². The molecule has 1 heterocycles. The number of nitrogens with zero attached hydrogens (tertiary/aromatic N) is 2. The summed E-state index contributed by atoms with van der Waals surface area (Å²) >= 11 is 0. The number of aromatic amines is 1. The summed E-state index contributed by atoms with van der Waals surface area (Å²) in [5, 5.41) is 14.6. The number of benzene rings is 1. The summed E-state index contributed by atoms with van der Waals surface area (Å²) in [7, 11) is 6.53. The largest absolute Gasteiger partial charge is 0.542 e. The average molecular weight is 543 g/mol. The normalized spacial score (nSPS) is 13.0. The highest BCUT2D eigenvalue weighted by Crippen LogP contribution is 2.11. The molecule has 2 atom stereocenters. The molecule has 13 heteroatoms. The molecule has 2 aromatic rings. The Hall–Kier alpha value is -3.45. The van der Waals surface area contributed by atoms with E-state index in [-0.39, 0.29) is 11.8 Å². The number of nitrogens with two attached hydrogens (primary N) is 1. The van der Waals surface area contributed by atoms with Crippen molar-refractivity contribution in [2.75, 3.05) is 34.2 Å². The van der Waals surface area contributed by atoms with Crippen molar-refractivity contribution in [1.29, 1.82) is 0 Å². The first-order valence-electron chi connectivity index (χ1n) is 12.1. The number of H-pyrrole nitrogens is 1. The second kappa shape index (κ2) is 15.7. The number of unbranched alkanes of at least 4 members (excludes halogenated alkanes) is 2. The van der Waals surface area contributed by atoms with Crippen molar-refractivity contribution in [3.05, 3.63) is 54.1 Å². The molecule has 0 aliphatic carbocycles. The maximum absolute atomic E-state index is 12.8. The van der Waals surface area contributed by atoms with Gasteiger partial charge in [0.15, 0.2) is 0 Å². The van der Waals surface area contributed by atoms with Gasteiger partial charge in [-0.2, -0.15) is 13.2 Å². The lowest BCUT2D eigenvalue weighted by atomic mass is 10.0. The van der Waals surface area contributed by atoms with Gasteiger partial charge in [0, 0.05) is 31.3 Å². The molecule has 2 rings (SSSR count). The minimum absolute atomic E-state index is 0.183. The van der Waals surface area contributed by atoms with Crippen molar-refractivity contribution in [3.8, 4) is 0 Å². The first kappa shape index (κ1) is 32.6. The number of rotatable bonds is 13. The molecule has 38 heavy (non-hydrogen) atoms. The third-order valence-corrected chi connectivity index (χ3v) is 5.28. The monoisotopic (exact) mass is 542 g/mol. The number of aliphatic carboxylic acids is 1. The third kappa shape index (κ3) is 14.3. The number of amides is 2. The van der Waals surface area contributed by atoms with Crippen molar-refractivity contribution < 1.29 is 37.1 Å². The van der Waals surface area contributed by atoms with Crippen molar-refractivity contribution >= 4 is 17.8 Å². The van der Waals surface area contributed by atoms with Crippen LogP contribution in [0.3, 0.4) is 0 Å². The van der Waals surface area contributed by atoms with Crippen LogP contribution in [0.15, 0.2) is 42.9 Å². The predicted molar refractivity (Wildman–Crippen MR) is 133 cm³/mol. The van der Waals surface area contributed by atoms with Crippen molar-refractivity contribution in [2.24, 2.45) is 5.73 Å². The molecular formula is C25H37F3N6O4. The van der Waals surface area contributed by atoms with E-state index in [1.165, 1.54) is 0 Å². The van der Waals surface area contributed by atoms with Crippen LogP contribution in [0.2, 0.25) is 0 Å². The Morgan fingerprint density at radius 1 is 1.05 bits per heavy atom. The smallest absolute Gasteiger partial charge is 0.430 e. The summed E-state index contributed by atoms with van der Waals surface area (Å²) in [4.78, 5) is 41.1. The van der Waals surface area contributed by atoms with Crippen LogP contribution < -0.4 is 21.5 Å². The van der Waals surface area contributed by atoms with Crippen LogP contribution in [0.4, 0.5) is 13.2 Å². The number of carboxylic acid groups (broad SMARTS) is 1. The van der Waals surface area contributed by atoms with Gasteiger partial charge in [0.2, 0.25) is 11.8 Å². The Labute approximate surface area is 220 Å². The molecule has 1 aromatic carbocycles. The Balaban J connectivity index is 0.000000905. The zero-order valence-corrected chi connectivity index (χ0v) is 21.9. The Kier molecular flexibility index (Phi) is 13.5. The van der Waals surface area contributed by atoms with E-state index in [9.17, 15) is 22.8 Å². The number of imidazole rings is 1. The minimum atomic E-state index is -5.19. The Bertz CT molecular complexity index is 979. The minimum Gasteiger partial charge on any atom is -0.542 e. The highest BCUT2D eigenvalue weighted by Gasteiger charge is 2.29. The van der Waals surface area contributed by atoms with Crippen LogP contribution in [0, 0.1) is 0 Å². The van der Waals surface area contributed by atoms with Crippen LogP contribution in [-0.2, 0) is 27.2 Å². The van der Waals surface area contributed by atoms with Gasteiger partial charge >= 0.3 is 6.18 Å². The van der Waals surface area contributed by atoms with Crippen LogP contribution in [0.25, 0.3) is 0 Å². The van der Waals surface area contributed by atoms with Crippen LogP contribution in [-0.4, -0.2) is 84.7 Å². The highest BCUT2D eigenvalue weighted by molar-refractivity contribution is 5.90. The summed E-state index contributed by atoms with van der Waals surface area (Å²) < 4.78 is 32.5. The van der Waals surface area contributed by atoms with E-state index >= 15 is 0 Å². The molecule has 0 bridgehead atoms. The topological polar surface area (TPSA) is 153 Å². The predicted octanol–water partition coefficient (Wildman–Crippen LogP) is 0.298. The highest BCUT2D eigenvalue weighted by atomic mass is 19.4. The number of carbonyl (C=O) groups excluding carboxylic acids is 3. The quantitative estimate of drug-likeness (QED) is 0.211. The van der Waals surface area contributed by atoms with Crippen LogP contribution in [0.5, 0.6) is 0 Å². The fourth-order valence-electron chi connectivity index (χ4n) is 3.29. The van der Waals surface area contributed by atoms with E-state index < -0.39 is 24.2 Å². The molecule has 2 amide bonds. The van der Waals surface area contributed by atoms with E-state index in [0.29, 0.717) is 19.4 Å². The molecule has 0 radical (unpaired) electrons. The number of halogens is 3. The summed E-state index contributed by atoms with van der Waals surface area (Å²) in [6, 6.07) is 8.22. The van der Waals surface area contributed by atoms with Gasteiger partial charge < -0.3 is 35.7 Å². The third-order valence-electron chi connectivity index (χ3n) is 5.28. The zero-order chi connectivity index (χ0) is 28.8. The number of carboxylic acids is 1. The number of aromatic nitrogens is 2. The molecule has 1 aromatic heterocycles. The maximum atomic E-state index is 12.8. The van der Waals surface area contributed by atoms with E-state index in [1.807, 2.05) is 30.3 Å². The molecule has 0 aliphatic heterocycles. The zero-order valence-electron chi connectivity index (χ0n) is 21.9. The summed E-state index contributed by atoms with van der Waals surface area (Å²) in [6.07, 6.45) is 1.82.